The molecule has 0 bridgehead atoms. The van der Waals surface area contributed by atoms with Crippen LogP contribution in [0.3, 0.4) is 0 Å². The highest BCUT2D eigenvalue weighted by molar-refractivity contribution is 7.13. The lowest BCUT2D eigenvalue weighted by Gasteiger charge is -2.08. The first-order valence-electron chi connectivity index (χ1n) is 6.12. The molecular weight excluding hydrogens is 248 g/mol. The second-order valence-electron chi connectivity index (χ2n) is 4.59. The topological polar surface area (TPSA) is 55.1 Å². The van der Waals surface area contributed by atoms with Gasteiger partial charge in [-0.15, -0.1) is 11.3 Å². The van der Waals surface area contributed by atoms with Gasteiger partial charge in [-0.3, -0.25) is 4.68 Å². The summed E-state index contributed by atoms with van der Waals surface area (Å²) in [6.45, 7) is 0. The van der Waals surface area contributed by atoms with Crippen molar-refractivity contribution in [1.29, 1.82) is 0 Å². The molecule has 0 saturated heterocycles. The Bertz CT molecular complexity index is 554. The molecule has 1 N–H and O–H groups in total. The van der Waals surface area contributed by atoms with E-state index in [2.05, 4.69) is 5.10 Å². The van der Waals surface area contributed by atoms with Crippen LogP contribution in [0.4, 0.5) is 0 Å². The number of carboxylic acid groups (broad SMARTS) is 1. The molecule has 0 atom stereocenters. The molecule has 18 heavy (non-hydrogen) atoms. The van der Waals surface area contributed by atoms with E-state index in [-0.39, 0.29) is 0 Å². The third-order valence-electron chi connectivity index (χ3n) is 3.42. The number of carbonyl (C=O) groups is 1. The lowest BCUT2D eigenvalue weighted by Crippen LogP contribution is -2.05. The smallest absolute Gasteiger partial charge is 0.339 e. The van der Waals surface area contributed by atoms with Crippen LogP contribution in [0, 0.1) is 0 Å². The molecule has 2 heterocycles. The molecule has 0 aromatic carbocycles. The van der Waals surface area contributed by atoms with Gasteiger partial charge in [0.25, 0.3) is 0 Å². The summed E-state index contributed by atoms with van der Waals surface area (Å²) in [5, 5.41) is 15.7. The molecule has 3 rings (SSSR count). The fourth-order valence-electron chi connectivity index (χ4n) is 2.50. The van der Waals surface area contributed by atoms with Gasteiger partial charge in [0.2, 0.25) is 0 Å². The van der Waals surface area contributed by atoms with Crippen LogP contribution in [0.2, 0.25) is 0 Å². The minimum Gasteiger partial charge on any atom is -0.478 e. The molecule has 0 aliphatic heterocycles. The zero-order valence-corrected chi connectivity index (χ0v) is 10.7. The number of hydrogen-bond acceptors (Lipinski definition) is 3. The Balaban J connectivity index is 2.04. The quantitative estimate of drug-likeness (QED) is 0.922. The van der Waals surface area contributed by atoms with Crippen LogP contribution in [0.15, 0.2) is 23.7 Å². The van der Waals surface area contributed by atoms with Crippen molar-refractivity contribution in [3.63, 3.8) is 0 Å². The first kappa shape index (κ1) is 11.5. The molecule has 4 nitrogen and oxygen atoms in total. The van der Waals surface area contributed by atoms with Gasteiger partial charge in [-0.2, -0.15) is 5.10 Å². The summed E-state index contributed by atoms with van der Waals surface area (Å²) in [6.07, 6.45) is 6.31. The average Bonchev–Trinajstić information content (AvgIpc) is 3.10. The van der Waals surface area contributed by atoms with Crippen LogP contribution in [0.5, 0.6) is 0 Å². The van der Waals surface area contributed by atoms with E-state index in [0.717, 1.165) is 17.7 Å². The Labute approximate surface area is 109 Å². The Morgan fingerprint density at radius 1 is 1.44 bits per heavy atom. The second kappa shape index (κ2) is 4.57. The Kier molecular flexibility index (Phi) is 2.91. The van der Waals surface area contributed by atoms with Gasteiger partial charge in [0.05, 0.1) is 10.9 Å². The maximum atomic E-state index is 11.3. The van der Waals surface area contributed by atoms with E-state index in [1.54, 1.807) is 6.20 Å². The van der Waals surface area contributed by atoms with Crippen LogP contribution in [0.1, 0.15) is 42.1 Å². The summed E-state index contributed by atoms with van der Waals surface area (Å²) in [6, 6.07) is 4.20. The van der Waals surface area contributed by atoms with Crippen molar-refractivity contribution >= 4 is 17.3 Å². The third kappa shape index (κ3) is 1.95. The zero-order chi connectivity index (χ0) is 12.5. The zero-order valence-electron chi connectivity index (χ0n) is 9.87. The maximum absolute atomic E-state index is 11.3. The van der Waals surface area contributed by atoms with Crippen LogP contribution in [0.25, 0.3) is 10.6 Å². The summed E-state index contributed by atoms with van der Waals surface area (Å²) in [4.78, 5) is 12.2. The van der Waals surface area contributed by atoms with Crippen molar-refractivity contribution in [2.24, 2.45) is 0 Å². The molecule has 1 saturated carbocycles. The van der Waals surface area contributed by atoms with E-state index in [1.807, 2.05) is 22.2 Å². The first-order chi connectivity index (χ1) is 8.75. The van der Waals surface area contributed by atoms with Crippen molar-refractivity contribution in [3.8, 4) is 10.6 Å². The van der Waals surface area contributed by atoms with E-state index in [4.69, 9.17) is 0 Å². The number of aromatic nitrogens is 2. The second-order valence-corrected chi connectivity index (χ2v) is 5.54. The molecular formula is C13H14N2O2S. The minimum atomic E-state index is -0.900. The van der Waals surface area contributed by atoms with E-state index in [9.17, 15) is 9.90 Å². The van der Waals surface area contributed by atoms with Crippen molar-refractivity contribution in [2.45, 2.75) is 31.7 Å². The van der Waals surface area contributed by atoms with Gasteiger partial charge in [-0.1, -0.05) is 18.9 Å². The molecule has 0 amide bonds. The highest BCUT2D eigenvalue weighted by Crippen LogP contribution is 2.32. The summed E-state index contributed by atoms with van der Waals surface area (Å²) < 4.78 is 1.85. The third-order valence-corrected chi connectivity index (χ3v) is 4.29. The average molecular weight is 262 g/mol. The number of nitrogens with zero attached hydrogens (tertiary/aromatic N) is 2. The van der Waals surface area contributed by atoms with Gasteiger partial charge >= 0.3 is 5.97 Å². The normalized spacial score (nSPS) is 16.2. The molecule has 94 valence electrons. The van der Waals surface area contributed by atoms with Gasteiger partial charge in [0, 0.05) is 6.20 Å². The van der Waals surface area contributed by atoms with Crippen molar-refractivity contribution < 1.29 is 9.90 Å². The van der Waals surface area contributed by atoms with Crippen LogP contribution in [-0.4, -0.2) is 20.9 Å². The standard InChI is InChI=1S/C13H14N2O2S/c16-13(17)10-8-15(9-4-1-2-5-9)14-12(10)11-6-3-7-18-11/h3,6-9H,1-2,4-5H2,(H,16,17). The summed E-state index contributed by atoms with van der Waals surface area (Å²) in [5.41, 5.74) is 0.911. The van der Waals surface area contributed by atoms with Crippen molar-refractivity contribution in [2.75, 3.05) is 0 Å². The molecule has 2 aromatic rings. The van der Waals surface area contributed by atoms with Gasteiger partial charge in [0.1, 0.15) is 11.3 Å². The summed E-state index contributed by atoms with van der Waals surface area (Å²) >= 11 is 1.52. The van der Waals surface area contributed by atoms with E-state index >= 15 is 0 Å². The highest BCUT2D eigenvalue weighted by Gasteiger charge is 2.23. The fraction of sp³-hybridized carbons (Fsp3) is 0.385. The first-order valence-corrected chi connectivity index (χ1v) is 7.00. The molecule has 5 heteroatoms. The Morgan fingerprint density at radius 2 is 2.22 bits per heavy atom. The van der Waals surface area contributed by atoms with Crippen LogP contribution >= 0.6 is 11.3 Å². The van der Waals surface area contributed by atoms with E-state index < -0.39 is 5.97 Å². The fourth-order valence-corrected chi connectivity index (χ4v) is 3.22. The largest absolute Gasteiger partial charge is 0.478 e. The molecule has 0 spiro atoms. The lowest BCUT2D eigenvalue weighted by molar-refractivity contribution is 0.0697. The number of thiophene rings is 1. The van der Waals surface area contributed by atoms with Crippen molar-refractivity contribution in [3.05, 3.63) is 29.3 Å². The number of rotatable bonds is 3. The molecule has 1 aliphatic carbocycles. The highest BCUT2D eigenvalue weighted by atomic mass is 32.1. The molecule has 0 unspecified atom stereocenters. The molecule has 1 fully saturated rings. The van der Waals surface area contributed by atoms with Crippen LogP contribution < -0.4 is 0 Å². The SMILES string of the molecule is O=C(O)c1cn(C2CCCC2)nc1-c1cccs1. The predicted molar refractivity (Wildman–Crippen MR) is 70.0 cm³/mol. The summed E-state index contributed by atoms with van der Waals surface area (Å²) in [7, 11) is 0. The Morgan fingerprint density at radius 3 is 2.83 bits per heavy atom. The monoisotopic (exact) mass is 262 g/mol. The predicted octanol–water partition coefficient (Wildman–Crippen LogP) is 3.42. The van der Waals surface area contributed by atoms with Gasteiger partial charge < -0.3 is 5.11 Å². The number of aromatic carboxylic acids is 1. The minimum absolute atomic E-state index is 0.310. The molecule has 1 aliphatic rings. The van der Waals surface area contributed by atoms with Crippen LogP contribution in [-0.2, 0) is 0 Å². The molecule has 2 aromatic heterocycles. The summed E-state index contributed by atoms with van der Waals surface area (Å²) in [5.74, 6) is -0.900. The molecule has 0 radical (unpaired) electrons. The van der Waals surface area contributed by atoms with Gasteiger partial charge in [0.15, 0.2) is 0 Å². The van der Waals surface area contributed by atoms with Gasteiger partial charge in [-0.05, 0) is 24.3 Å². The van der Waals surface area contributed by atoms with E-state index in [1.165, 1.54) is 24.2 Å². The van der Waals surface area contributed by atoms with Gasteiger partial charge in [-0.25, -0.2) is 4.79 Å². The Hall–Kier alpha value is -1.62. The van der Waals surface area contributed by atoms with Crippen molar-refractivity contribution in [1.82, 2.24) is 9.78 Å². The number of hydrogen-bond donors (Lipinski definition) is 1. The number of carboxylic acids is 1. The maximum Gasteiger partial charge on any atom is 0.339 e. The van der Waals surface area contributed by atoms with E-state index in [0.29, 0.717) is 17.3 Å². The lowest BCUT2D eigenvalue weighted by atomic mass is 10.2.